The van der Waals surface area contributed by atoms with E-state index in [1.807, 2.05) is 0 Å². The van der Waals surface area contributed by atoms with Crippen molar-refractivity contribution in [3.05, 3.63) is 0 Å². The van der Waals surface area contributed by atoms with Gasteiger partial charge in [0.2, 0.25) is 5.91 Å². The number of aliphatic hydroxyl groups excluding tert-OH is 1. The minimum Gasteiger partial charge on any atom is -0.415 e. The average molecular weight is 438 g/mol. The standard InChI is InChI=1S/C17H39NO6Si3/c1-12(19)18-14-16(24-27(8,9)10)15(23-26(5,6)7)13(22-17(14)20)11-21-25(2,3)4/h13-17,20H,11H2,1-10H3,(H,18,19)/t13-,14-,15+,16-,17?/m1/s1. The first kappa shape index (κ1) is 25.0. The van der Waals surface area contributed by atoms with Crippen LogP contribution in [-0.2, 0) is 22.8 Å². The lowest BCUT2D eigenvalue weighted by Gasteiger charge is -2.48. The van der Waals surface area contributed by atoms with Crippen LogP contribution in [0.5, 0.6) is 0 Å². The number of nitrogens with one attached hydrogen (secondary N) is 1. The molecule has 1 heterocycles. The molecule has 0 aliphatic carbocycles. The first-order valence-electron chi connectivity index (χ1n) is 9.59. The number of amides is 1. The monoisotopic (exact) mass is 437 g/mol. The molecular weight excluding hydrogens is 398 g/mol. The highest BCUT2D eigenvalue weighted by Crippen LogP contribution is 2.30. The third kappa shape index (κ3) is 9.31. The Labute approximate surface area is 167 Å². The molecule has 1 rings (SSSR count). The Hall–Kier alpha value is -0.0794. The smallest absolute Gasteiger partial charge is 0.217 e. The van der Waals surface area contributed by atoms with Crippen molar-refractivity contribution in [2.45, 2.75) is 96.5 Å². The molecule has 27 heavy (non-hydrogen) atoms. The minimum atomic E-state index is -1.99. The van der Waals surface area contributed by atoms with E-state index in [2.05, 4.69) is 64.2 Å². The number of rotatable bonds is 8. The van der Waals surface area contributed by atoms with Crippen molar-refractivity contribution in [1.29, 1.82) is 0 Å². The summed E-state index contributed by atoms with van der Waals surface area (Å²) < 4.78 is 24.8. The second-order valence-electron chi connectivity index (χ2n) is 10.1. The van der Waals surface area contributed by atoms with Crippen LogP contribution in [0.2, 0.25) is 58.9 Å². The lowest BCUT2D eigenvalue weighted by molar-refractivity contribution is -0.245. The normalized spacial score (nSPS) is 30.3. The summed E-state index contributed by atoms with van der Waals surface area (Å²) in [5.74, 6) is -0.240. The molecule has 0 radical (unpaired) electrons. The number of carbonyl (C=O) groups is 1. The molecule has 0 bridgehead atoms. The summed E-state index contributed by atoms with van der Waals surface area (Å²) in [4.78, 5) is 11.7. The quantitative estimate of drug-likeness (QED) is 0.568. The van der Waals surface area contributed by atoms with Crippen LogP contribution >= 0.6 is 0 Å². The van der Waals surface area contributed by atoms with Gasteiger partial charge in [-0.2, -0.15) is 0 Å². The Morgan fingerprint density at radius 2 is 1.41 bits per heavy atom. The first-order valence-corrected chi connectivity index (χ1v) is 19.8. The second kappa shape index (κ2) is 9.16. The van der Waals surface area contributed by atoms with Crippen LogP contribution in [0.1, 0.15) is 6.92 Å². The number of ether oxygens (including phenoxy) is 1. The second-order valence-corrected chi connectivity index (χ2v) is 23.5. The van der Waals surface area contributed by atoms with Crippen LogP contribution in [0.15, 0.2) is 0 Å². The summed E-state index contributed by atoms with van der Waals surface area (Å²) in [6.07, 6.45) is -2.54. The Kier molecular flexibility index (Phi) is 8.47. The van der Waals surface area contributed by atoms with Crippen LogP contribution in [0.3, 0.4) is 0 Å². The van der Waals surface area contributed by atoms with Crippen LogP contribution in [0, 0.1) is 0 Å². The van der Waals surface area contributed by atoms with Gasteiger partial charge < -0.3 is 28.4 Å². The predicted molar refractivity (Wildman–Crippen MR) is 114 cm³/mol. The van der Waals surface area contributed by atoms with Crippen molar-refractivity contribution in [1.82, 2.24) is 5.32 Å². The van der Waals surface area contributed by atoms with Gasteiger partial charge in [0, 0.05) is 6.92 Å². The molecule has 0 spiro atoms. The summed E-state index contributed by atoms with van der Waals surface area (Å²) >= 11 is 0. The summed E-state index contributed by atoms with van der Waals surface area (Å²) in [6.45, 7) is 20.6. The fourth-order valence-electron chi connectivity index (χ4n) is 2.87. The van der Waals surface area contributed by atoms with Gasteiger partial charge in [-0.1, -0.05) is 0 Å². The van der Waals surface area contributed by atoms with E-state index in [0.29, 0.717) is 6.61 Å². The zero-order valence-electron chi connectivity index (χ0n) is 18.6. The van der Waals surface area contributed by atoms with Gasteiger partial charge in [0.25, 0.3) is 0 Å². The highest BCUT2D eigenvalue weighted by Gasteiger charge is 2.50. The van der Waals surface area contributed by atoms with Crippen molar-refractivity contribution < 1.29 is 27.9 Å². The summed E-state index contributed by atoms with van der Waals surface area (Å²) in [5, 5.41) is 13.4. The highest BCUT2D eigenvalue weighted by molar-refractivity contribution is 6.70. The molecular formula is C17H39NO6Si3. The average Bonchev–Trinajstić information content (AvgIpc) is 2.40. The maximum atomic E-state index is 11.7. The van der Waals surface area contributed by atoms with Crippen LogP contribution < -0.4 is 5.32 Å². The molecule has 0 aromatic rings. The van der Waals surface area contributed by atoms with Gasteiger partial charge in [-0.05, 0) is 58.9 Å². The molecule has 160 valence electrons. The summed E-state index contributed by atoms with van der Waals surface area (Å²) in [6, 6.07) is -0.682. The molecule has 5 atom stereocenters. The largest absolute Gasteiger partial charge is 0.415 e. The van der Waals surface area contributed by atoms with Gasteiger partial charge in [0.15, 0.2) is 31.2 Å². The topological polar surface area (TPSA) is 86.3 Å². The molecule has 0 aromatic carbocycles. The third-order valence-electron chi connectivity index (χ3n) is 3.70. The Morgan fingerprint density at radius 3 is 1.81 bits per heavy atom. The van der Waals surface area contributed by atoms with Gasteiger partial charge in [-0.15, -0.1) is 0 Å². The van der Waals surface area contributed by atoms with Crippen LogP contribution in [-0.4, -0.2) is 73.2 Å². The minimum absolute atomic E-state index is 0.240. The van der Waals surface area contributed by atoms with E-state index in [1.165, 1.54) is 6.92 Å². The summed E-state index contributed by atoms with van der Waals surface area (Å²) in [7, 11) is -5.71. The molecule has 1 amide bonds. The predicted octanol–water partition coefficient (Wildman–Crippen LogP) is 2.50. The van der Waals surface area contributed by atoms with Crippen molar-refractivity contribution in [2.75, 3.05) is 6.61 Å². The van der Waals surface area contributed by atoms with Crippen LogP contribution in [0.25, 0.3) is 0 Å². The fourth-order valence-corrected chi connectivity index (χ4v) is 5.74. The van der Waals surface area contributed by atoms with Crippen molar-refractivity contribution in [3.8, 4) is 0 Å². The van der Waals surface area contributed by atoms with Crippen molar-refractivity contribution in [2.24, 2.45) is 0 Å². The molecule has 1 unspecified atom stereocenters. The Bertz CT molecular complexity index is 500. The molecule has 2 N–H and O–H groups in total. The molecule has 1 aliphatic heterocycles. The van der Waals surface area contributed by atoms with Gasteiger partial charge in [-0.25, -0.2) is 0 Å². The Balaban J connectivity index is 3.22. The molecule has 1 aliphatic rings. The van der Waals surface area contributed by atoms with Gasteiger partial charge in [-0.3, -0.25) is 4.79 Å². The molecule has 10 heteroatoms. The van der Waals surface area contributed by atoms with Gasteiger partial charge in [0.05, 0.1) is 12.7 Å². The molecule has 1 fully saturated rings. The molecule has 0 saturated carbocycles. The van der Waals surface area contributed by atoms with Crippen molar-refractivity contribution in [3.63, 3.8) is 0 Å². The third-order valence-corrected chi connectivity index (χ3v) is 6.69. The molecule has 7 nitrogen and oxygen atoms in total. The zero-order valence-corrected chi connectivity index (χ0v) is 21.6. The van der Waals surface area contributed by atoms with E-state index in [-0.39, 0.29) is 5.91 Å². The SMILES string of the molecule is CC(=O)N[C@H]1C(O)O[C@H](CO[Si](C)(C)C)[C@H](O[Si](C)(C)C)[C@@H]1O[Si](C)(C)C. The van der Waals surface area contributed by atoms with E-state index >= 15 is 0 Å². The molecule has 1 saturated heterocycles. The number of hydrogen-bond acceptors (Lipinski definition) is 6. The van der Waals surface area contributed by atoms with E-state index in [1.54, 1.807) is 0 Å². The Morgan fingerprint density at radius 1 is 0.926 bits per heavy atom. The van der Waals surface area contributed by atoms with Gasteiger partial charge in [0.1, 0.15) is 18.2 Å². The number of aliphatic hydroxyl groups is 1. The molecule has 0 aromatic heterocycles. The number of carbonyl (C=O) groups excluding carboxylic acids is 1. The van der Waals surface area contributed by atoms with E-state index in [0.717, 1.165) is 0 Å². The van der Waals surface area contributed by atoms with Gasteiger partial charge >= 0.3 is 0 Å². The van der Waals surface area contributed by atoms with E-state index < -0.39 is 55.6 Å². The highest BCUT2D eigenvalue weighted by atomic mass is 28.4. The number of hydrogen-bond donors (Lipinski definition) is 2. The lowest BCUT2D eigenvalue weighted by Crippen LogP contribution is -2.68. The first-order chi connectivity index (χ1) is 12.0. The zero-order chi connectivity index (χ0) is 21.2. The lowest BCUT2D eigenvalue weighted by atomic mass is 9.97. The van der Waals surface area contributed by atoms with E-state index in [9.17, 15) is 9.90 Å². The van der Waals surface area contributed by atoms with E-state index in [4.69, 9.17) is 18.0 Å². The van der Waals surface area contributed by atoms with Crippen LogP contribution in [0.4, 0.5) is 0 Å². The van der Waals surface area contributed by atoms with Crippen molar-refractivity contribution >= 4 is 30.9 Å². The maximum Gasteiger partial charge on any atom is 0.217 e. The maximum absolute atomic E-state index is 11.7. The fraction of sp³-hybridized carbons (Fsp3) is 0.941. The summed E-state index contributed by atoms with van der Waals surface area (Å²) in [5.41, 5.74) is 0.